The van der Waals surface area contributed by atoms with Gasteiger partial charge in [0, 0.05) is 25.7 Å². The molecule has 0 spiro atoms. The minimum atomic E-state index is -0.677. The third-order valence-electron chi connectivity index (χ3n) is 4.11. The van der Waals surface area contributed by atoms with Crippen LogP contribution < -0.4 is 0 Å². The highest BCUT2D eigenvalue weighted by Crippen LogP contribution is 2.22. The number of hydrogen-bond donors (Lipinski definition) is 1. The van der Waals surface area contributed by atoms with E-state index in [1.54, 1.807) is 0 Å². The first-order valence-corrected chi connectivity index (χ1v) is 7.62. The van der Waals surface area contributed by atoms with Crippen molar-refractivity contribution in [1.82, 2.24) is 9.80 Å². The summed E-state index contributed by atoms with van der Waals surface area (Å²) in [7, 11) is 4.15. The number of aliphatic carboxylic acids is 1. The summed E-state index contributed by atoms with van der Waals surface area (Å²) in [4.78, 5) is 15.7. The van der Waals surface area contributed by atoms with E-state index in [1.807, 2.05) is 6.92 Å². The Hall–Kier alpha value is -0.610. The van der Waals surface area contributed by atoms with E-state index in [9.17, 15) is 4.79 Å². The van der Waals surface area contributed by atoms with Crippen molar-refractivity contribution in [2.45, 2.75) is 51.5 Å². The average Bonchev–Trinajstić information content (AvgIpc) is 2.62. The Morgan fingerprint density at radius 1 is 1.16 bits per heavy atom. The topological polar surface area (TPSA) is 43.8 Å². The molecule has 0 amide bonds. The summed E-state index contributed by atoms with van der Waals surface area (Å²) in [6.07, 6.45) is 7.74. The van der Waals surface area contributed by atoms with Gasteiger partial charge in [-0.15, -0.1) is 0 Å². The fourth-order valence-electron chi connectivity index (χ4n) is 2.80. The van der Waals surface area contributed by atoms with Crippen molar-refractivity contribution in [2.75, 3.05) is 33.7 Å². The van der Waals surface area contributed by atoms with E-state index in [1.165, 1.54) is 38.5 Å². The second kappa shape index (κ2) is 8.54. The molecule has 1 rings (SSSR count). The molecule has 0 aromatic rings. The fraction of sp³-hybridized carbons (Fsp3) is 0.933. The van der Waals surface area contributed by atoms with Crippen LogP contribution >= 0.6 is 0 Å². The molecule has 4 heteroatoms. The molecule has 0 aromatic carbocycles. The van der Waals surface area contributed by atoms with Gasteiger partial charge < -0.3 is 10.0 Å². The maximum Gasteiger partial charge on any atom is 0.307 e. The molecular weight excluding hydrogens is 240 g/mol. The zero-order chi connectivity index (χ0) is 14.3. The minimum absolute atomic E-state index is 0.273. The van der Waals surface area contributed by atoms with E-state index < -0.39 is 5.97 Å². The van der Waals surface area contributed by atoms with Crippen LogP contribution in [-0.2, 0) is 4.79 Å². The van der Waals surface area contributed by atoms with Crippen molar-refractivity contribution in [2.24, 2.45) is 5.92 Å². The summed E-state index contributed by atoms with van der Waals surface area (Å²) < 4.78 is 0. The van der Waals surface area contributed by atoms with Crippen molar-refractivity contribution < 1.29 is 9.90 Å². The van der Waals surface area contributed by atoms with Crippen molar-refractivity contribution in [3.05, 3.63) is 0 Å². The Labute approximate surface area is 117 Å². The predicted octanol–water partition coefficient (Wildman–Crippen LogP) is 2.29. The molecule has 0 aromatic heterocycles. The van der Waals surface area contributed by atoms with Crippen LogP contribution in [0.25, 0.3) is 0 Å². The van der Waals surface area contributed by atoms with Crippen LogP contribution in [0.4, 0.5) is 0 Å². The summed E-state index contributed by atoms with van der Waals surface area (Å²) in [6, 6.07) is 0.587. The number of likely N-dealkylation sites (N-methyl/N-ethyl adjacent to an activating group) is 1. The largest absolute Gasteiger partial charge is 0.481 e. The molecule has 19 heavy (non-hydrogen) atoms. The SMILES string of the molecule is CC(CN(CCN(C)C)C1CCCCCC1)C(=O)O. The molecule has 0 heterocycles. The summed E-state index contributed by atoms with van der Waals surface area (Å²) in [5.41, 5.74) is 0. The van der Waals surface area contributed by atoms with Crippen molar-refractivity contribution in [3.63, 3.8) is 0 Å². The van der Waals surface area contributed by atoms with Gasteiger partial charge in [-0.1, -0.05) is 32.6 Å². The van der Waals surface area contributed by atoms with Gasteiger partial charge in [-0.2, -0.15) is 0 Å². The molecular formula is C15H30N2O2. The Bertz CT molecular complexity index is 261. The smallest absolute Gasteiger partial charge is 0.307 e. The second-order valence-electron chi connectivity index (χ2n) is 6.18. The first-order chi connectivity index (χ1) is 9.00. The van der Waals surface area contributed by atoms with Crippen molar-refractivity contribution >= 4 is 5.97 Å². The Morgan fingerprint density at radius 3 is 2.21 bits per heavy atom. The monoisotopic (exact) mass is 270 g/mol. The molecule has 1 saturated carbocycles. The van der Waals surface area contributed by atoms with Crippen LogP contribution in [0, 0.1) is 5.92 Å². The average molecular weight is 270 g/mol. The van der Waals surface area contributed by atoms with E-state index in [0.29, 0.717) is 12.6 Å². The molecule has 1 unspecified atom stereocenters. The van der Waals surface area contributed by atoms with Gasteiger partial charge in [-0.3, -0.25) is 9.69 Å². The van der Waals surface area contributed by atoms with E-state index in [2.05, 4.69) is 23.9 Å². The lowest BCUT2D eigenvalue weighted by Gasteiger charge is -2.33. The number of rotatable bonds is 7. The van der Waals surface area contributed by atoms with E-state index >= 15 is 0 Å². The number of carboxylic acid groups (broad SMARTS) is 1. The number of carbonyl (C=O) groups is 1. The van der Waals surface area contributed by atoms with E-state index in [0.717, 1.165) is 13.1 Å². The van der Waals surface area contributed by atoms with E-state index in [4.69, 9.17) is 5.11 Å². The molecule has 0 aliphatic heterocycles. The molecule has 1 atom stereocenters. The van der Waals surface area contributed by atoms with Gasteiger partial charge in [0.15, 0.2) is 0 Å². The highest BCUT2D eigenvalue weighted by atomic mass is 16.4. The maximum atomic E-state index is 11.1. The number of hydrogen-bond acceptors (Lipinski definition) is 3. The maximum absolute atomic E-state index is 11.1. The molecule has 1 aliphatic rings. The lowest BCUT2D eigenvalue weighted by atomic mass is 10.0. The zero-order valence-electron chi connectivity index (χ0n) is 12.8. The highest BCUT2D eigenvalue weighted by Gasteiger charge is 2.23. The summed E-state index contributed by atoms with van der Waals surface area (Å²) in [6.45, 7) is 4.49. The van der Waals surface area contributed by atoms with Crippen LogP contribution in [0.2, 0.25) is 0 Å². The normalized spacial score (nSPS) is 19.6. The number of carboxylic acids is 1. The highest BCUT2D eigenvalue weighted by molar-refractivity contribution is 5.69. The molecule has 0 saturated heterocycles. The van der Waals surface area contributed by atoms with Crippen LogP contribution in [0.1, 0.15) is 45.4 Å². The molecule has 1 fully saturated rings. The third-order valence-corrected chi connectivity index (χ3v) is 4.11. The molecule has 4 nitrogen and oxygen atoms in total. The van der Waals surface area contributed by atoms with Gasteiger partial charge in [0.1, 0.15) is 0 Å². The quantitative estimate of drug-likeness (QED) is 0.721. The zero-order valence-corrected chi connectivity index (χ0v) is 12.8. The molecule has 0 radical (unpaired) electrons. The molecule has 112 valence electrons. The third kappa shape index (κ3) is 6.39. The van der Waals surface area contributed by atoms with Gasteiger partial charge in [0.25, 0.3) is 0 Å². The Balaban J connectivity index is 2.57. The first-order valence-electron chi connectivity index (χ1n) is 7.62. The summed E-state index contributed by atoms with van der Waals surface area (Å²) in [5, 5.41) is 9.13. The summed E-state index contributed by atoms with van der Waals surface area (Å²) >= 11 is 0. The molecule has 0 bridgehead atoms. The molecule has 1 N–H and O–H groups in total. The Morgan fingerprint density at radius 2 is 1.74 bits per heavy atom. The van der Waals surface area contributed by atoms with Crippen LogP contribution in [-0.4, -0.2) is 60.6 Å². The first kappa shape index (κ1) is 16.4. The van der Waals surface area contributed by atoms with Gasteiger partial charge in [0.2, 0.25) is 0 Å². The lowest BCUT2D eigenvalue weighted by Crippen LogP contribution is -2.43. The second-order valence-corrected chi connectivity index (χ2v) is 6.18. The fourth-order valence-corrected chi connectivity index (χ4v) is 2.80. The standard InChI is InChI=1S/C15H30N2O2/c1-13(15(18)19)12-17(11-10-16(2)3)14-8-6-4-5-7-9-14/h13-14H,4-12H2,1-3H3,(H,18,19). The van der Waals surface area contributed by atoms with Crippen LogP contribution in [0.15, 0.2) is 0 Å². The summed E-state index contributed by atoms with van der Waals surface area (Å²) in [5.74, 6) is -0.950. The van der Waals surface area contributed by atoms with Crippen molar-refractivity contribution in [1.29, 1.82) is 0 Å². The minimum Gasteiger partial charge on any atom is -0.481 e. The number of nitrogens with zero attached hydrogens (tertiary/aromatic N) is 2. The Kier molecular flexibility index (Phi) is 7.39. The predicted molar refractivity (Wildman–Crippen MR) is 78.4 cm³/mol. The van der Waals surface area contributed by atoms with E-state index in [-0.39, 0.29) is 5.92 Å². The van der Waals surface area contributed by atoms with Gasteiger partial charge >= 0.3 is 5.97 Å². The van der Waals surface area contributed by atoms with Crippen LogP contribution in [0.3, 0.4) is 0 Å². The van der Waals surface area contributed by atoms with Gasteiger partial charge in [0.05, 0.1) is 5.92 Å². The van der Waals surface area contributed by atoms with Crippen LogP contribution in [0.5, 0.6) is 0 Å². The molecule has 1 aliphatic carbocycles. The lowest BCUT2D eigenvalue weighted by molar-refractivity contribution is -0.142. The van der Waals surface area contributed by atoms with Gasteiger partial charge in [-0.05, 0) is 26.9 Å². The van der Waals surface area contributed by atoms with Gasteiger partial charge in [-0.25, -0.2) is 0 Å². The van der Waals surface area contributed by atoms with Crippen molar-refractivity contribution in [3.8, 4) is 0 Å².